The van der Waals surface area contributed by atoms with Gasteiger partial charge in [0.15, 0.2) is 0 Å². The Morgan fingerprint density at radius 1 is 1.27 bits per heavy atom. The van der Waals surface area contributed by atoms with Gasteiger partial charge >= 0.3 is 6.09 Å². The highest BCUT2D eigenvalue weighted by Gasteiger charge is 2.26. The molecule has 0 atom stereocenters. The molecule has 2 heterocycles. The summed E-state index contributed by atoms with van der Waals surface area (Å²) in [4.78, 5) is 16.4. The van der Waals surface area contributed by atoms with Gasteiger partial charge in [-0.1, -0.05) is 30.3 Å². The van der Waals surface area contributed by atoms with E-state index in [-0.39, 0.29) is 12.2 Å². The Hall–Kier alpha value is -1.85. The van der Waals surface area contributed by atoms with Crippen molar-refractivity contribution in [3.63, 3.8) is 0 Å². The molecule has 142 valence electrons. The highest BCUT2D eigenvalue weighted by Crippen LogP contribution is 2.24. The highest BCUT2D eigenvalue weighted by atomic mass is 16.6. The maximum Gasteiger partial charge on any atom is 0.410 e. The van der Waals surface area contributed by atoms with Crippen molar-refractivity contribution in [2.24, 2.45) is 0 Å². The average Bonchev–Trinajstić information content (AvgIpc) is 3.06. The topological polar surface area (TPSA) is 53.0 Å². The monoisotopic (exact) mass is 358 g/mol. The molecule has 1 amide bonds. The standard InChI is InChI=1S/C21H30N2O3/c1-21(2,3)26-20(25)23-12-7-18(15-23)17-6-4-5-16(13-17)14-22-10-8-19(24)9-11-22/h4-7,13,19,24H,8-12,14-15H2,1-3H3. The van der Waals surface area contributed by atoms with Gasteiger partial charge in [-0.15, -0.1) is 0 Å². The lowest BCUT2D eigenvalue weighted by molar-refractivity contribution is 0.0306. The first-order valence-corrected chi connectivity index (χ1v) is 9.47. The van der Waals surface area contributed by atoms with Gasteiger partial charge in [0.2, 0.25) is 0 Å². The summed E-state index contributed by atoms with van der Waals surface area (Å²) in [6, 6.07) is 8.56. The Balaban J connectivity index is 1.59. The van der Waals surface area contributed by atoms with Crippen LogP contribution in [0.5, 0.6) is 0 Å². The van der Waals surface area contributed by atoms with E-state index in [2.05, 4.69) is 35.2 Å². The van der Waals surface area contributed by atoms with Crippen molar-refractivity contribution in [2.45, 2.75) is 51.9 Å². The SMILES string of the molecule is CC(C)(C)OC(=O)N1CC=C(c2cccc(CN3CCC(O)CC3)c2)C1. The molecule has 5 nitrogen and oxygen atoms in total. The number of hydrogen-bond donors (Lipinski definition) is 1. The van der Waals surface area contributed by atoms with Crippen LogP contribution in [-0.2, 0) is 11.3 Å². The van der Waals surface area contributed by atoms with Crippen LogP contribution in [0.2, 0.25) is 0 Å². The minimum Gasteiger partial charge on any atom is -0.444 e. The summed E-state index contributed by atoms with van der Waals surface area (Å²) >= 11 is 0. The van der Waals surface area contributed by atoms with Crippen molar-refractivity contribution < 1.29 is 14.6 Å². The largest absolute Gasteiger partial charge is 0.444 e. The predicted octanol–water partition coefficient (Wildman–Crippen LogP) is 3.28. The first-order chi connectivity index (χ1) is 12.3. The third-order valence-electron chi connectivity index (χ3n) is 4.83. The number of amides is 1. The Bertz CT molecular complexity index is 670. The molecule has 1 aromatic rings. The Kier molecular flexibility index (Phi) is 5.68. The normalized spacial score (nSPS) is 19.5. The van der Waals surface area contributed by atoms with Gasteiger partial charge in [0.25, 0.3) is 0 Å². The van der Waals surface area contributed by atoms with Gasteiger partial charge in [0, 0.05) is 32.7 Å². The average molecular weight is 358 g/mol. The number of piperidine rings is 1. The van der Waals surface area contributed by atoms with Crippen molar-refractivity contribution in [1.29, 1.82) is 0 Å². The number of aliphatic hydroxyl groups excluding tert-OH is 1. The van der Waals surface area contributed by atoms with E-state index in [0.717, 1.165) is 32.5 Å². The first kappa shape index (κ1) is 18.9. The van der Waals surface area contributed by atoms with Crippen LogP contribution >= 0.6 is 0 Å². The van der Waals surface area contributed by atoms with Crippen LogP contribution in [-0.4, -0.2) is 58.9 Å². The first-order valence-electron chi connectivity index (χ1n) is 9.47. The Labute approximate surface area is 156 Å². The number of carbonyl (C=O) groups is 1. The van der Waals surface area contributed by atoms with E-state index in [0.29, 0.717) is 13.1 Å². The van der Waals surface area contributed by atoms with E-state index >= 15 is 0 Å². The maximum absolute atomic E-state index is 12.2. The molecule has 1 N–H and O–H groups in total. The molecule has 5 heteroatoms. The van der Waals surface area contributed by atoms with Crippen molar-refractivity contribution in [3.8, 4) is 0 Å². The lowest BCUT2D eigenvalue weighted by Crippen LogP contribution is -2.35. The zero-order valence-electron chi connectivity index (χ0n) is 16.1. The van der Waals surface area contributed by atoms with Gasteiger partial charge in [-0.05, 0) is 50.3 Å². The van der Waals surface area contributed by atoms with Crippen molar-refractivity contribution in [2.75, 3.05) is 26.2 Å². The second-order valence-electron chi connectivity index (χ2n) is 8.30. The fraction of sp³-hybridized carbons (Fsp3) is 0.571. The molecule has 3 rings (SSSR count). The molecule has 0 unspecified atom stereocenters. The van der Waals surface area contributed by atoms with Crippen LogP contribution in [0.1, 0.15) is 44.7 Å². The molecule has 26 heavy (non-hydrogen) atoms. The summed E-state index contributed by atoms with van der Waals surface area (Å²) in [5.41, 5.74) is 3.15. The third kappa shape index (κ3) is 5.08. The van der Waals surface area contributed by atoms with Crippen molar-refractivity contribution in [3.05, 3.63) is 41.5 Å². The van der Waals surface area contributed by atoms with Gasteiger partial charge in [-0.25, -0.2) is 4.79 Å². The molecule has 0 aromatic heterocycles. The number of rotatable bonds is 3. The zero-order valence-corrected chi connectivity index (χ0v) is 16.1. The number of ether oxygens (including phenoxy) is 1. The molecule has 0 bridgehead atoms. The molecule has 1 fully saturated rings. The van der Waals surface area contributed by atoms with E-state index in [9.17, 15) is 9.90 Å². The van der Waals surface area contributed by atoms with Crippen molar-refractivity contribution >= 4 is 11.7 Å². The van der Waals surface area contributed by atoms with Gasteiger partial charge in [-0.3, -0.25) is 4.90 Å². The Morgan fingerprint density at radius 3 is 2.69 bits per heavy atom. The molecule has 2 aliphatic rings. The minimum absolute atomic E-state index is 0.139. The summed E-state index contributed by atoms with van der Waals surface area (Å²) in [5, 5.41) is 9.64. The second-order valence-corrected chi connectivity index (χ2v) is 8.30. The van der Waals surface area contributed by atoms with Gasteiger partial charge < -0.3 is 14.7 Å². The molecular formula is C21H30N2O3. The van der Waals surface area contributed by atoms with E-state index < -0.39 is 5.60 Å². The van der Waals surface area contributed by atoms with Gasteiger partial charge in [0.1, 0.15) is 5.60 Å². The van der Waals surface area contributed by atoms with Crippen molar-refractivity contribution in [1.82, 2.24) is 9.80 Å². The Morgan fingerprint density at radius 2 is 2.00 bits per heavy atom. The van der Waals surface area contributed by atoms with E-state index in [1.54, 1.807) is 4.90 Å². The fourth-order valence-corrected chi connectivity index (χ4v) is 3.43. The quantitative estimate of drug-likeness (QED) is 0.901. The van der Waals surface area contributed by atoms with Crippen LogP contribution < -0.4 is 0 Å². The number of nitrogens with zero attached hydrogens (tertiary/aromatic N) is 2. The third-order valence-corrected chi connectivity index (χ3v) is 4.83. The molecule has 1 aromatic carbocycles. The lowest BCUT2D eigenvalue weighted by Gasteiger charge is -2.29. The number of benzene rings is 1. The van der Waals surface area contributed by atoms with Crippen LogP contribution in [0, 0.1) is 0 Å². The summed E-state index contributed by atoms with van der Waals surface area (Å²) in [7, 11) is 0. The lowest BCUT2D eigenvalue weighted by atomic mass is 10.0. The highest BCUT2D eigenvalue weighted by molar-refractivity contribution is 5.77. The molecule has 0 saturated carbocycles. The van der Waals surface area contributed by atoms with Crippen LogP contribution in [0.15, 0.2) is 30.3 Å². The smallest absolute Gasteiger partial charge is 0.410 e. The van der Waals surface area contributed by atoms with E-state index in [4.69, 9.17) is 4.74 Å². The summed E-state index contributed by atoms with van der Waals surface area (Å²) in [6.07, 6.45) is 3.43. The number of hydrogen-bond acceptors (Lipinski definition) is 4. The van der Waals surface area contributed by atoms with E-state index in [1.165, 1.54) is 16.7 Å². The summed E-state index contributed by atoms with van der Waals surface area (Å²) < 4.78 is 5.47. The zero-order chi connectivity index (χ0) is 18.7. The molecule has 2 aliphatic heterocycles. The maximum atomic E-state index is 12.2. The van der Waals surface area contributed by atoms with Gasteiger partial charge in [-0.2, -0.15) is 0 Å². The van der Waals surface area contributed by atoms with E-state index in [1.807, 2.05) is 20.8 Å². The summed E-state index contributed by atoms with van der Waals surface area (Å²) in [6.45, 7) is 9.65. The van der Waals surface area contributed by atoms with Crippen LogP contribution in [0.4, 0.5) is 4.79 Å². The second kappa shape index (κ2) is 7.80. The van der Waals surface area contributed by atoms with Crippen LogP contribution in [0.3, 0.4) is 0 Å². The molecular weight excluding hydrogens is 328 g/mol. The molecule has 0 spiro atoms. The summed E-state index contributed by atoms with van der Waals surface area (Å²) in [5.74, 6) is 0. The molecule has 0 radical (unpaired) electrons. The molecule has 0 aliphatic carbocycles. The predicted molar refractivity (Wildman–Crippen MR) is 103 cm³/mol. The number of likely N-dealkylation sites (tertiary alicyclic amines) is 1. The molecule has 1 saturated heterocycles. The number of aliphatic hydroxyl groups is 1. The number of carbonyl (C=O) groups excluding carboxylic acids is 1. The van der Waals surface area contributed by atoms with Gasteiger partial charge in [0.05, 0.1) is 6.10 Å². The fourth-order valence-electron chi connectivity index (χ4n) is 3.43. The minimum atomic E-state index is -0.470. The van der Waals surface area contributed by atoms with Crippen LogP contribution in [0.25, 0.3) is 5.57 Å².